The van der Waals surface area contributed by atoms with Gasteiger partial charge < -0.3 is 0 Å². The van der Waals surface area contributed by atoms with Crippen LogP contribution in [0.1, 0.15) is 33.9 Å². The predicted octanol–water partition coefficient (Wildman–Crippen LogP) is 3.37. The van der Waals surface area contributed by atoms with Crippen molar-refractivity contribution in [3.05, 3.63) is 117 Å². The lowest BCUT2D eigenvalue weighted by atomic mass is 10.0. The molecule has 3 rings (SSSR count). The first-order valence-electron chi connectivity index (χ1n) is 9.14. The van der Waals surface area contributed by atoms with Gasteiger partial charge in [-0.25, -0.2) is 4.79 Å². The molecule has 1 heterocycles. The third-order valence-corrected chi connectivity index (χ3v) is 4.71. The van der Waals surface area contributed by atoms with Crippen LogP contribution >= 0.6 is 0 Å². The number of carbonyl (C=O) groups is 1. The van der Waals surface area contributed by atoms with Crippen LogP contribution in [0.15, 0.2) is 89.1 Å². The molecular formula is C23H22N2O3. The van der Waals surface area contributed by atoms with Crippen LogP contribution < -0.4 is 11.2 Å². The summed E-state index contributed by atoms with van der Waals surface area (Å²) in [6, 6.07) is 17.9. The van der Waals surface area contributed by atoms with Crippen molar-refractivity contribution in [3.63, 3.8) is 0 Å². The molecule has 3 aromatic rings. The van der Waals surface area contributed by atoms with Crippen LogP contribution in [-0.4, -0.2) is 15.0 Å². The third kappa shape index (κ3) is 3.93. The number of carbonyl (C=O) groups excluding carboxylic acids is 1. The van der Waals surface area contributed by atoms with E-state index in [0.717, 1.165) is 12.0 Å². The summed E-state index contributed by atoms with van der Waals surface area (Å²) in [5.41, 5.74) is 0.518. The van der Waals surface area contributed by atoms with E-state index >= 15 is 0 Å². The fourth-order valence-corrected chi connectivity index (χ4v) is 3.15. The zero-order valence-corrected chi connectivity index (χ0v) is 15.7. The summed E-state index contributed by atoms with van der Waals surface area (Å²) in [6.45, 7) is 5.45. The Kier molecular flexibility index (Phi) is 5.84. The number of benzene rings is 2. The Morgan fingerprint density at radius 2 is 1.64 bits per heavy atom. The van der Waals surface area contributed by atoms with E-state index in [1.54, 1.807) is 43.3 Å². The van der Waals surface area contributed by atoms with Gasteiger partial charge in [-0.3, -0.25) is 14.2 Å². The van der Waals surface area contributed by atoms with E-state index in [4.69, 9.17) is 0 Å². The average molecular weight is 374 g/mol. The van der Waals surface area contributed by atoms with Crippen molar-refractivity contribution < 1.29 is 4.79 Å². The van der Waals surface area contributed by atoms with Crippen LogP contribution in [0.25, 0.3) is 0 Å². The quantitative estimate of drug-likeness (QED) is 0.622. The molecule has 0 bridgehead atoms. The summed E-state index contributed by atoms with van der Waals surface area (Å²) in [5.74, 6) is -0.626. The van der Waals surface area contributed by atoms with Gasteiger partial charge in [0.15, 0.2) is 0 Å². The van der Waals surface area contributed by atoms with Crippen molar-refractivity contribution in [2.45, 2.75) is 25.8 Å². The van der Waals surface area contributed by atoms with Gasteiger partial charge in [0, 0.05) is 17.3 Å². The minimum absolute atomic E-state index is 0.290. The minimum Gasteiger partial charge on any atom is -0.293 e. The van der Waals surface area contributed by atoms with Crippen LogP contribution in [-0.2, 0) is 6.42 Å². The first-order valence-corrected chi connectivity index (χ1v) is 9.14. The molecule has 142 valence electrons. The second-order valence-corrected chi connectivity index (χ2v) is 6.64. The normalized spacial score (nSPS) is 11.8. The molecule has 0 aliphatic heterocycles. The Balaban J connectivity index is 2.00. The van der Waals surface area contributed by atoms with E-state index in [-0.39, 0.29) is 6.04 Å². The van der Waals surface area contributed by atoms with E-state index in [9.17, 15) is 14.4 Å². The molecule has 0 spiro atoms. The highest BCUT2D eigenvalue weighted by Gasteiger charge is 2.20. The molecule has 0 saturated heterocycles. The Hall–Kier alpha value is -3.47. The van der Waals surface area contributed by atoms with E-state index in [0.29, 0.717) is 22.1 Å². The summed E-state index contributed by atoms with van der Waals surface area (Å²) in [4.78, 5) is 38.4. The summed E-state index contributed by atoms with van der Waals surface area (Å²) in [7, 11) is 0. The monoisotopic (exact) mass is 374 g/mol. The van der Waals surface area contributed by atoms with Gasteiger partial charge in [0.1, 0.15) is 0 Å². The molecule has 5 nitrogen and oxygen atoms in total. The lowest BCUT2D eigenvalue weighted by molar-refractivity contribution is 0.0947. The molecule has 1 aromatic heterocycles. The molecule has 0 radical (unpaired) electrons. The molecule has 0 saturated carbocycles. The van der Waals surface area contributed by atoms with Crippen LogP contribution in [0.5, 0.6) is 0 Å². The minimum atomic E-state index is -0.651. The van der Waals surface area contributed by atoms with Gasteiger partial charge in [0.05, 0.1) is 6.04 Å². The zero-order valence-electron chi connectivity index (χ0n) is 15.7. The molecule has 0 N–H and O–H groups in total. The number of nitrogens with zero attached hydrogens (tertiary/aromatic N) is 2. The number of aryl methyl sites for hydroxylation is 2. The molecule has 5 heteroatoms. The van der Waals surface area contributed by atoms with Crippen LogP contribution in [0.2, 0.25) is 0 Å². The van der Waals surface area contributed by atoms with Gasteiger partial charge in [0.25, 0.3) is 11.5 Å². The van der Waals surface area contributed by atoms with E-state index in [2.05, 4.69) is 6.58 Å². The summed E-state index contributed by atoms with van der Waals surface area (Å²) >= 11 is 0. The molecular weight excluding hydrogens is 352 g/mol. The maximum Gasteiger partial charge on any atom is 0.338 e. The Morgan fingerprint density at radius 3 is 2.25 bits per heavy atom. The molecule has 28 heavy (non-hydrogen) atoms. The maximum atomic E-state index is 13.0. The van der Waals surface area contributed by atoms with Crippen molar-refractivity contribution in [3.8, 4) is 0 Å². The Labute approximate surface area is 163 Å². The molecule has 0 aliphatic rings. The lowest BCUT2D eigenvalue weighted by Gasteiger charge is -2.18. The maximum absolute atomic E-state index is 13.0. The molecule has 0 fully saturated rings. The fraction of sp³-hybridized carbons (Fsp3) is 0.174. The highest BCUT2D eigenvalue weighted by atomic mass is 16.2. The van der Waals surface area contributed by atoms with Gasteiger partial charge in [0.2, 0.25) is 0 Å². The predicted molar refractivity (Wildman–Crippen MR) is 110 cm³/mol. The van der Waals surface area contributed by atoms with Gasteiger partial charge >= 0.3 is 5.69 Å². The summed E-state index contributed by atoms with van der Waals surface area (Å²) in [6.07, 6.45) is 4.56. The van der Waals surface area contributed by atoms with Crippen molar-refractivity contribution in [1.29, 1.82) is 0 Å². The second kappa shape index (κ2) is 8.48. The third-order valence-electron chi connectivity index (χ3n) is 4.71. The van der Waals surface area contributed by atoms with Gasteiger partial charge in [-0.05, 0) is 37.5 Å². The Bertz CT molecular complexity index is 1100. The van der Waals surface area contributed by atoms with E-state index < -0.39 is 17.2 Å². The number of rotatable bonds is 6. The zero-order chi connectivity index (χ0) is 20.1. The number of hydrogen-bond donors (Lipinski definition) is 0. The summed E-state index contributed by atoms with van der Waals surface area (Å²) in [5, 5.41) is 0. The summed E-state index contributed by atoms with van der Waals surface area (Å²) < 4.78 is 2.14. The van der Waals surface area contributed by atoms with E-state index in [1.165, 1.54) is 10.8 Å². The SMILES string of the molecule is C=C[C@@H](CCc1ccccc1)n1cc(C)c(=O)n(C(=O)c2ccccc2)c1=O. The standard InChI is InChI=1S/C23H22N2O3/c1-3-20(15-14-18-10-6-4-7-11-18)24-16-17(2)21(26)25(23(24)28)22(27)19-12-8-5-9-13-19/h3-13,16,20H,1,14-15H2,2H3/t20-/m0/s1. The van der Waals surface area contributed by atoms with Gasteiger partial charge in [-0.1, -0.05) is 54.6 Å². The molecule has 0 amide bonds. The van der Waals surface area contributed by atoms with Crippen LogP contribution in [0, 0.1) is 6.92 Å². The van der Waals surface area contributed by atoms with Crippen molar-refractivity contribution in [2.24, 2.45) is 0 Å². The largest absolute Gasteiger partial charge is 0.338 e. The smallest absolute Gasteiger partial charge is 0.293 e. The number of aromatic nitrogens is 2. The number of hydrogen-bond acceptors (Lipinski definition) is 3. The van der Waals surface area contributed by atoms with Gasteiger partial charge in [-0.2, -0.15) is 4.57 Å². The molecule has 1 atom stereocenters. The van der Waals surface area contributed by atoms with Crippen LogP contribution in [0.4, 0.5) is 0 Å². The lowest BCUT2D eigenvalue weighted by Crippen LogP contribution is -2.45. The van der Waals surface area contributed by atoms with Gasteiger partial charge in [-0.15, -0.1) is 6.58 Å². The van der Waals surface area contributed by atoms with Crippen molar-refractivity contribution in [1.82, 2.24) is 9.13 Å². The second-order valence-electron chi connectivity index (χ2n) is 6.64. The van der Waals surface area contributed by atoms with E-state index in [1.807, 2.05) is 30.3 Å². The highest BCUT2D eigenvalue weighted by molar-refractivity contribution is 5.95. The average Bonchev–Trinajstić information content (AvgIpc) is 2.73. The van der Waals surface area contributed by atoms with Crippen molar-refractivity contribution in [2.75, 3.05) is 0 Å². The van der Waals surface area contributed by atoms with Crippen LogP contribution in [0.3, 0.4) is 0 Å². The highest BCUT2D eigenvalue weighted by Crippen LogP contribution is 2.15. The number of allylic oxidation sites excluding steroid dienone is 1. The molecule has 2 aromatic carbocycles. The fourth-order valence-electron chi connectivity index (χ4n) is 3.15. The molecule has 0 aliphatic carbocycles. The van der Waals surface area contributed by atoms with Crippen molar-refractivity contribution >= 4 is 5.91 Å². The molecule has 0 unspecified atom stereocenters. The Morgan fingerprint density at radius 1 is 1.04 bits per heavy atom. The first kappa shape index (κ1) is 19.3. The first-order chi connectivity index (χ1) is 13.5. The topological polar surface area (TPSA) is 61.1 Å².